The van der Waals surface area contributed by atoms with Gasteiger partial charge >= 0.3 is 6.18 Å². The fourth-order valence-electron chi connectivity index (χ4n) is 3.28. The van der Waals surface area contributed by atoms with Crippen LogP contribution in [0.3, 0.4) is 0 Å². The minimum atomic E-state index is -4.53. The van der Waals surface area contributed by atoms with Gasteiger partial charge in [-0.05, 0) is 62.6 Å². The molecule has 0 aliphatic carbocycles. The minimum Gasteiger partial charge on any atom is -0.483 e. The highest BCUT2D eigenvalue weighted by atomic mass is 32.2. The highest BCUT2D eigenvalue weighted by molar-refractivity contribution is 7.85. The van der Waals surface area contributed by atoms with Crippen LogP contribution in [0.4, 0.5) is 13.2 Å². The SMILES string of the molecule is CC1(C)C=C(n2ccc(CCCOS(C)(=O)=O)cc2=O)c2cc(C(F)(F)F)ccc2O1. The van der Waals surface area contributed by atoms with E-state index in [1.54, 1.807) is 26.0 Å². The topological polar surface area (TPSA) is 74.6 Å². The van der Waals surface area contributed by atoms with Crippen molar-refractivity contribution in [1.82, 2.24) is 4.57 Å². The van der Waals surface area contributed by atoms with E-state index >= 15 is 0 Å². The molecule has 0 saturated carbocycles. The molecular weight excluding hydrogens is 435 g/mol. The zero-order valence-corrected chi connectivity index (χ0v) is 18.0. The van der Waals surface area contributed by atoms with Crippen molar-refractivity contribution in [2.24, 2.45) is 0 Å². The van der Waals surface area contributed by atoms with Crippen molar-refractivity contribution >= 4 is 15.8 Å². The molecule has 0 amide bonds. The van der Waals surface area contributed by atoms with E-state index in [1.807, 2.05) is 0 Å². The fourth-order valence-corrected chi connectivity index (χ4v) is 3.70. The van der Waals surface area contributed by atoms with Gasteiger partial charge in [-0.2, -0.15) is 21.6 Å². The third-order valence-corrected chi connectivity index (χ3v) is 5.19. The zero-order chi connectivity index (χ0) is 23.0. The van der Waals surface area contributed by atoms with Crippen molar-refractivity contribution in [3.63, 3.8) is 0 Å². The van der Waals surface area contributed by atoms with E-state index in [1.165, 1.54) is 22.9 Å². The van der Waals surface area contributed by atoms with Gasteiger partial charge in [-0.1, -0.05) is 0 Å². The maximum Gasteiger partial charge on any atom is 0.416 e. The summed E-state index contributed by atoms with van der Waals surface area (Å²) < 4.78 is 73.4. The summed E-state index contributed by atoms with van der Waals surface area (Å²) in [5.74, 6) is 0.254. The number of pyridine rings is 1. The van der Waals surface area contributed by atoms with E-state index in [9.17, 15) is 26.4 Å². The molecule has 3 rings (SSSR count). The van der Waals surface area contributed by atoms with E-state index < -0.39 is 33.0 Å². The molecule has 1 aromatic heterocycles. The van der Waals surface area contributed by atoms with Gasteiger partial charge in [-0.25, -0.2) is 0 Å². The van der Waals surface area contributed by atoms with Gasteiger partial charge in [0.15, 0.2) is 0 Å². The summed E-state index contributed by atoms with van der Waals surface area (Å²) in [5.41, 5.74) is -0.956. The summed E-state index contributed by atoms with van der Waals surface area (Å²) in [6, 6.07) is 6.21. The molecule has 0 atom stereocenters. The quantitative estimate of drug-likeness (QED) is 0.487. The van der Waals surface area contributed by atoms with Gasteiger partial charge in [0.1, 0.15) is 11.4 Å². The van der Waals surface area contributed by atoms with Crippen LogP contribution in [0.15, 0.2) is 47.4 Å². The number of fused-ring (bicyclic) bond motifs is 1. The number of halogens is 3. The van der Waals surface area contributed by atoms with Crippen molar-refractivity contribution in [1.29, 1.82) is 0 Å². The Labute approximate surface area is 178 Å². The number of ether oxygens (including phenoxy) is 1. The van der Waals surface area contributed by atoms with Crippen molar-refractivity contribution in [2.75, 3.05) is 12.9 Å². The van der Waals surface area contributed by atoms with Crippen LogP contribution < -0.4 is 10.3 Å². The summed E-state index contributed by atoms with van der Waals surface area (Å²) in [4.78, 5) is 12.8. The van der Waals surface area contributed by atoms with Gasteiger partial charge in [-0.15, -0.1) is 0 Å². The van der Waals surface area contributed by atoms with Gasteiger partial charge in [-0.3, -0.25) is 13.5 Å². The largest absolute Gasteiger partial charge is 0.483 e. The Hall–Kier alpha value is -2.59. The fraction of sp³-hybridized carbons (Fsp3) is 0.381. The summed E-state index contributed by atoms with van der Waals surface area (Å²) in [5, 5.41) is 0. The van der Waals surface area contributed by atoms with E-state index in [0.717, 1.165) is 18.4 Å². The van der Waals surface area contributed by atoms with E-state index in [-0.39, 0.29) is 17.9 Å². The smallest absolute Gasteiger partial charge is 0.416 e. The monoisotopic (exact) mass is 457 g/mol. The average Bonchev–Trinajstić information content (AvgIpc) is 2.62. The van der Waals surface area contributed by atoms with Crippen LogP contribution in [0.2, 0.25) is 0 Å². The number of aryl methyl sites for hydroxylation is 1. The van der Waals surface area contributed by atoms with Crippen LogP contribution >= 0.6 is 0 Å². The van der Waals surface area contributed by atoms with E-state index in [0.29, 0.717) is 24.1 Å². The minimum absolute atomic E-state index is 0.00774. The zero-order valence-electron chi connectivity index (χ0n) is 17.2. The Bertz CT molecular complexity index is 1180. The normalized spacial score (nSPS) is 15.7. The molecule has 0 N–H and O–H groups in total. The first kappa shape index (κ1) is 23.1. The standard InChI is InChI=1S/C21H22F3NO5S/c1-20(2)13-17(16-12-15(21(22,23)24)6-7-18(16)30-20)25-9-8-14(11-19(25)26)5-4-10-29-31(3,27)28/h6-9,11-13H,4-5,10H2,1-3H3. The molecule has 1 aliphatic rings. The van der Waals surface area contributed by atoms with Crippen molar-refractivity contribution in [3.8, 4) is 5.75 Å². The molecule has 0 radical (unpaired) electrons. The molecule has 168 valence electrons. The molecule has 0 bridgehead atoms. The summed E-state index contributed by atoms with van der Waals surface area (Å²) in [6.07, 6.45) is 0.323. The summed E-state index contributed by atoms with van der Waals surface area (Å²) in [6.45, 7) is 3.48. The second kappa shape index (κ2) is 8.16. The maximum atomic E-state index is 13.2. The van der Waals surface area contributed by atoms with Gasteiger partial charge in [0.2, 0.25) is 0 Å². The molecule has 0 unspecified atom stereocenters. The highest BCUT2D eigenvalue weighted by Crippen LogP contribution is 2.40. The van der Waals surface area contributed by atoms with Crippen molar-refractivity contribution in [3.05, 3.63) is 69.6 Å². The first-order chi connectivity index (χ1) is 14.3. The number of nitrogens with zero attached hydrogens (tertiary/aromatic N) is 1. The second-order valence-electron chi connectivity index (χ2n) is 7.82. The Morgan fingerprint density at radius 1 is 1.16 bits per heavy atom. The van der Waals surface area contributed by atoms with Crippen molar-refractivity contribution in [2.45, 2.75) is 38.5 Å². The van der Waals surface area contributed by atoms with Gasteiger partial charge in [0.25, 0.3) is 15.7 Å². The molecular formula is C21H22F3NO5S. The lowest BCUT2D eigenvalue weighted by molar-refractivity contribution is -0.137. The first-order valence-electron chi connectivity index (χ1n) is 9.45. The van der Waals surface area contributed by atoms with Crippen LogP contribution in [0.1, 0.15) is 37.0 Å². The number of rotatable bonds is 6. The number of hydrogen-bond acceptors (Lipinski definition) is 5. The van der Waals surface area contributed by atoms with E-state index in [4.69, 9.17) is 4.74 Å². The molecule has 2 heterocycles. The Morgan fingerprint density at radius 2 is 1.87 bits per heavy atom. The average molecular weight is 457 g/mol. The second-order valence-corrected chi connectivity index (χ2v) is 9.46. The summed E-state index contributed by atoms with van der Waals surface area (Å²) in [7, 11) is -3.53. The van der Waals surface area contributed by atoms with Gasteiger partial charge in [0.05, 0.1) is 24.1 Å². The lowest BCUT2D eigenvalue weighted by atomic mass is 9.97. The Balaban J connectivity index is 1.93. The molecule has 6 nitrogen and oxygen atoms in total. The number of aromatic nitrogens is 1. The van der Waals surface area contributed by atoms with Crippen LogP contribution in [0, 0.1) is 0 Å². The Morgan fingerprint density at radius 3 is 2.48 bits per heavy atom. The number of hydrogen-bond donors (Lipinski definition) is 0. The predicted molar refractivity (Wildman–Crippen MR) is 109 cm³/mol. The lowest BCUT2D eigenvalue weighted by Gasteiger charge is -2.32. The lowest BCUT2D eigenvalue weighted by Crippen LogP contribution is -2.32. The highest BCUT2D eigenvalue weighted by Gasteiger charge is 2.34. The molecule has 0 saturated heterocycles. The summed E-state index contributed by atoms with van der Waals surface area (Å²) >= 11 is 0. The maximum absolute atomic E-state index is 13.2. The van der Waals surface area contributed by atoms with Crippen molar-refractivity contribution < 1.29 is 30.5 Å². The Kier molecular flexibility index (Phi) is 6.07. The molecule has 10 heteroatoms. The number of benzene rings is 1. The third-order valence-electron chi connectivity index (χ3n) is 4.59. The third kappa shape index (κ3) is 5.76. The van der Waals surface area contributed by atoms with E-state index in [2.05, 4.69) is 4.18 Å². The van der Waals surface area contributed by atoms with Gasteiger partial charge < -0.3 is 4.74 Å². The predicted octanol–water partition coefficient (Wildman–Crippen LogP) is 3.84. The molecule has 1 aliphatic heterocycles. The van der Waals surface area contributed by atoms with Gasteiger partial charge in [0, 0.05) is 17.8 Å². The van der Waals surface area contributed by atoms with Crippen LogP contribution in [-0.2, 0) is 26.9 Å². The van der Waals surface area contributed by atoms with Crippen LogP contribution in [0.25, 0.3) is 5.70 Å². The van der Waals surface area contributed by atoms with Crippen LogP contribution in [-0.4, -0.2) is 31.4 Å². The molecule has 2 aromatic rings. The molecule has 0 spiro atoms. The number of alkyl halides is 3. The first-order valence-corrected chi connectivity index (χ1v) is 11.3. The van der Waals surface area contributed by atoms with Crippen LogP contribution in [0.5, 0.6) is 5.75 Å². The molecule has 0 fully saturated rings. The molecule has 31 heavy (non-hydrogen) atoms. The molecule has 1 aromatic carbocycles.